The molecule has 0 spiro atoms. The minimum Gasteiger partial charge on any atom is -0.334 e. The molecule has 23 heavy (non-hydrogen) atoms. The zero-order valence-corrected chi connectivity index (χ0v) is 13.3. The summed E-state index contributed by atoms with van der Waals surface area (Å²) in [5.74, 6) is -0.985. The molecule has 0 fully saturated rings. The van der Waals surface area contributed by atoms with Crippen LogP contribution in [0, 0.1) is 0 Å². The van der Waals surface area contributed by atoms with Crippen molar-refractivity contribution in [3.63, 3.8) is 0 Å². The van der Waals surface area contributed by atoms with Crippen LogP contribution in [0.15, 0.2) is 54.5 Å². The maximum absolute atomic E-state index is 12.4. The monoisotopic (exact) mass is 335 g/mol. The molecule has 1 aliphatic rings. The third-order valence-corrected chi connectivity index (χ3v) is 4.62. The number of carbonyl (C=O) groups excluding carboxylic acids is 2. The largest absolute Gasteiger partial charge is 0.334 e. The molecule has 8 heteroatoms. The van der Waals surface area contributed by atoms with Gasteiger partial charge < -0.3 is 4.90 Å². The lowest BCUT2D eigenvalue weighted by atomic mass is 10.2. The van der Waals surface area contributed by atoms with Crippen LogP contribution in [-0.2, 0) is 14.8 Å². The Balaban J connectivity index is 2.25. The Morgan fingerprint density at radius 3 is 2.43 bits per heavy atom. The first kappa shape index (κ1) is 16.9. The number of nitrogens with zero attached hydrogens (tertiary/aromatic N) is 2. The summed E-state index contributed by atoms with van der Waals surface area (Å²) in [5, 5.41) is 0.805. The Morgan fingerprint density at radius 2 is 1.83 bits per heavy atom. The molecule has 0 unspecified atom stereocenters. The van der Waals surface area contributed by atoms with E-state index in [0.717, 1.165) is 5.01 Å². The summed E-state index contributed by atoms with van der Waals surface area (Å²) in [6, 6.07) is 5.86. The number of fused-ring (bicyclic) bond motifs is 1. The fourth-order valence-electron chi connectivity index (χ4n) is 2.19. The molecule has 1 aromatic rings. The number of hydrogen-bond acceptors (Lipinski definition) is 4. The maximum atomic E-state index is 12.4. The molecule has 1 N–H and O–H groups in total. The third kappa shape index (κ3) is 3.49. The summed E-state index contributed by atoms with van der Waals surface area (Å²) in [4.78, 5) is 28.1. The van der Waals surface area contributed by atoms with Crippen molar-refractivity contribution in [3.8, 4) is 0 Å². The van der Waals surface area contributed by atoms with Gasteiger partial charge in [0.25, 0.3) is 15.9 Å². The summed E-state index contributed by atoms with van der Waals surface area (Å²) in [5.41, 5.74) is 0.0399. The van der Waals surface area contributed by atoms with E-state index in [4.69, 9.17) is 0 Å². The van der Waals surface area contributed by atoms with Crippen molar-refractivity contribution in [2.75, 3.05) is 19.6 Å². The summed E-state index contributed by atoms with van der Waals surface area (Å²) < 4.78 is 24.3. The van der Waals surface area contributed by atoms with Crippen molar-refractivity contribution < 1.29 is 18.0 Å². The standard InChI is InChI=1S/C15H17N3O4S/c1-3-9-17(10-4-2)14(19)11-18-15(20)12-7-5-6-8-13(12)23(21,22)16-18/h3-8,16H,1-2,9-11H2. The van der Waals surface area contributed by atoms with Crippen LogP contribution >= 0.6 is 0 Å². The van der Waals surface area contributed by atoms with Crippen LogP contribution in [0.3, 0.4) is 0 Å². The van der Waals surface area contributed by atoms with Crippen LogP contribution < -0.4 is 4.83 Å². The highest BCUT2D eigenvalue weighted by molar-refractivity contribution is 7.89. The van der Waals surface area contributed by atoms with E-state index in [1.807, 2.05) is 0 Å². The molecular weight excluding hydrogens is 318 g/mol. The highest BCUT2D eigenvalue weighted by Gasteiger charge is 2.35. The maximum Gasteiger partial charge on any atom is 0.270 e. The molecular formula is C15H17N3O4S. The number of amides is 2. The van der Waals surface area contributed by atoms with E-state index in [1.165, 1.54) is 23.1 Å². The topological polar surface area (TPSA) is 86.8 Å². The van der Waals surface area contributed by atoms with Gasteiger partial charge in [0.15, 0.2) is 0 Å². The molecule has 0 saturated heterocycles. The van der Waals surface area contributed by atoms with Gasteiger partial charge in [-0.2, -0.15) is 0 Å². The van der Waals surface area contributed by atoms with Gasteiger partial charge in [0.05, 0.1) is 10.5 Å². The number of benzene rings is 1. The highest BCUT2D eigenvalue weighted by atomic mass is 32.2. The van der Waals surface area contributed by atoms with E-state index >= 15 is 0 Å². The average molecular weight is 335 g/mol. The summed E-state index contributed by atoms with van der Waals surface area (Å²) in [7, 11) is -3.88. The van der Waals surface area contributed by atoms with Crippen molar-refractivity contribution in [1.82, 2.24) is 14.7 Å². The van der Waals surface area contributed by atoms with Gasteiger partial charge in [-0.05, 0) is 12.1 Å². The van der Waals surface area contributed by atoms with Gasteiger partial charge in [0, 0.05) is 13.1 Å². The lowest BCUT2D eigenvalue weighted by Crippen LogP contribution is -2.54. The van der Waals surface area contributed by atoms with Gasteiger partial charge in [-0.15, -0.1) is 18.0 Å². The SMILES string of the molecule is C=CCN(CC=C)C(=O)CN1NS(=O)(=O)c2ccccc2C1=O. The van der Waals surface area contributed by atoms with Crippen molar-refractivity contribution >= 4 is 21.8 Å². The Morgan fingerprint density at radius 1 is 1.22 bits per heavy atom. The fraction of sp³-hybridized carbons (Fsp3) is 0.200. The summed E-state index contributed by atoms with van der Waals surface area (Å²) >= 11 is 0. The van der Waals surface area contributed by atoms with E-state index in [9.17, 15) is 18.0 Å². The van der Waals surface area contributed by atoms with E-state index in [-0.39, 0.29) is 23.5 Å². The molecule has 2 amide bonds. The highest BCUT2D eigenvalue weighted by Crippen LogP contribution is 2.21. The van der Waals surface area contributed by atoms with Crippen LogP contribution in [0.25, 0.3) is 0 Å². The lowest BCUT2D eigenvalue weighted by Gasteiger charge is -2.30. The first-order valence-electron chi connectivity index (χ1n) is 6.83. The first-order chi connectivity index (χ1) is 10.9. The lowest BCUT2D eigenvalue weighted by molar-refractivity contribution is -0.131. The summed E-state index contributed by atoms with van der Waals surface area (Å²) in [6.07, 6.45) is 3.08. The number of nitrogens with one attached hydrogen (secondary N) is 1. The second kappa shape index (κ2) is 6.76. The van der Waals surface area contributed by atoms with Gasteiger partial charge in [0.2, 0.25) is 5.91 Å². The second-order valence-electron chi connectivity index (χ2n) is 4.86. The first-order valence-corrected chi connectivity index (χ1v) is 8.32. The van der Waals surface area contributed by atoms with Crippen molar-refractivity contribution in [1.29, 1.82) is 0 Å². The number of carbonyl (C=O) groups is 2. The molecule has 0 aliphatic carbocycles. The second-order valence-corrected chi connectivity index (χ2v) is 6.49. The molecule has 0 radical (unpaired) electrons. The molecule has 122 valence electrons. The minimum atomic E-state index is -3.88. The fourth-order valence-corrected chi connectivity index (χ4v) is 3.43. The van der Waals surface area contributed by atoms with Gasteiger partial charge in [0.1, 0.15) is 6.54 Å². The predicted molar refractivity (Wildman–Crippen MR) is 84.8 cm³/mol. The van der Waals surface area contributed by atoms with Crippen LogP contribution in [-0.4, -0.2) is 49.8 Å². The molecule has 2 rings (SSSR count). The predicted octanol–water partition coefficient (Wildman–Crippen LogP) is 0.536. The minimum absolute atomic E-state index is 0.0399. The van der Waals surface area contributed by atoms with Crippen LogP contribution in [0.5, 0.6) is 0 Å². The number of hydrogen-bond donors (Lipinski definition) is 1. The van der Waals surface area contributed by atoms with Gasteiger partial charge >= 0.3 is 0 Å². The van der Waals surface area contributed by atoms with E-state index < -0.39 is 28.4 Å². The smallest absolute Gasteiger partial charge is 0.270 e. The van der Waals surface area contributed by atoms with E-state index in [1.54, 1.807) is 18.2 Å². The molecule has 0 saturated carbocycles. The van der Waals surface area contributed by atoms with Crippen molar-refractivity contribution in [3.05, 3.63) is 55.1 Å². The quantitative estimate of drug-likeness (QED) is 0.769. The Bertz CT molecular complexity index is 748. The number of rotatable bonds is 6. The van der Waals surface area contributed by atoms with E-state index in [2.05, 4.69) is 18.0 Å². The third-order valence-electron chi connectivity index (χ3n) is 3.23. The van der Waals surface area contributed by atoms with Gasteiger partial charge in [-0.1, -0.05) is 24.3 Å². The number of hydrazine groups is 1. The zero-order chi connectivity index (χ0) is 17.0. The zero-order valence-electron chi connectivity index (χ0n) is 12.4. The van der Waals surface area contributed by atoms with Gasteiger partial charge in [-0.3, -0.25) is 14.6 Å². The van der Waals surface area contributed by atoms with Crippen LogP contribution in [0.1, 0.15) is 10.4 Å². The Labute approximate surface area is 134 Å². The molecule has 1 heterocycles. The molecule has 0 aromatic heterocycles. The normalized spacial score (nSPS) is 15.7. The molecule has 1 aliphatic heterocycles. The van der Waals surface area contributed by atoms with Gasteiger partial charge in [-0.25, -0.2) is 8.42 Å². The Hall–Kier alpha value is -2.45. The van der Waals surface area contributed by atoms with Crippen LogP contribution in [0.2, 0.25) is 0 Å². The molecule has 0 bridgehead atoms. The van der Waals surface area contributed by atoms with E-state index in [0.29, 0.717) is 0 Å². The van der Waals surface area contributed by atoms with Crippen molar-refractivity contribution in [2.24, 2.45) is 0 Å². The molecule has 7 nitrogen and oxygen atoms in total. The van der Waals surface area contributed by atoms with Crippen LogP contribution in [0.4, 0.5) is 0 Å². The average Bonchev–Trinajstić information content (AvgIpc) is 2.52. The van der Waals surface area contributed by atoms with Crippen molar-refractivity contribution in [2.45, 2.75) is 4.90 Å². The molecule has 1 aromatic carbocycles. The summed E-state index contributed by atoms with van der Waals surface area (Å²) in [6.45, 7) is 7.26. The Kier molecular flexibility index (Phi) is 4.97. The molecule has 0 atom stereocenters. The number of sulfonamides is 1.